The Balaban J connectivity index is 1.77. The van der Waals surface area contributed by atoms with Crippen LogP contribution in [0.4, 0.5) is 4.79 Å². The van der Waals surface area contributed by atoms with Crippen LogP contribution in [0.25, 0.3) is 10.9 Å². The first-order chi connectivity index (χ1) is 13.2. The van der Waals surface area contributed by atoms with Gasteiger partial charge < -0.3 is 20.2 Å². The van der Waals surface area contributed by atoms with Crippen molar-refractivity contribution in [3.8, 4) is 0 Å². The largest absolute Gasteiger partial charge is 0.477 e. The number of carbonyl (C=O) groups is 2. The van der Waals surface area contributed by atoms with E-state index in [1.54, 1.807) is 22.9 Å². The average molecular weight is 387 g/mol. The summed E-state index contributed by atoms with van der Waals surface area (Å²) >= 11 is 0. The van der Waals surface area contributed by atoms with Gasteiger partial charge in [-0.25, -0.2) is 9.59 Å². The Bertz CT molecular complexity index is 960. The quantitative estimate of drug-likeness (QED) is 0.834. The number of aromatic nitrogens is 1. The first-order valence-electron chi connectivity index (χ1n) is 9.25. The van der Waals surface area contributed by atoms with Crippen LogP contribution in [0.2, 0.25) is 0 Å². The number of nitrogens with zero attached hydrogens (tertiary/aromatic N) is 2. The molecule has 150 valence electrons. The second-order valence-corrected chi connectivity index (χ2v) is 7.99. The summed E-state index contributed by atoms with van der Waals surface area (Å²) < 4.78 is 7.00. The molecule has 0 spiro atoms. The molecule has 1 unspecified atom stereocenters. The monoisotopic (exact) mass is 387 g/mol. The van der Waals surface area contributed by atoms with Crippen molar-refractivity contribution in [3.63, 3.8) is 0 Å². The molecule has 1 amide bonds. The summed E-state index contributed by atoms with van der Waals surface area (Å²) in [7, 11) is 0. The molecule has 1 aromatic carbocycles. The van der Waals surface area contributed by atoms with Crippen LogP contribution in [0.3, 0.4) is 0 Å². The molecule has 1 aliphatic rings. The van der Waals surface area contributed by atoms with Gasteiger partial charge in [0.15, 0.2) is 0 Å². The van der Waals surface area contributed by atoms with Crippen LogP contribution >= 0.6 is 0 Å². The molecule has 28 heavy (non-hydrogen) atoms. The minimum atomic E-state index is -1.24. The summed E-state index contributed by atoms with van der Waals surface area (Å²) in [5, 5.41) is 14.5. The van der Waals surface area contributed by atoms with Gasteiger partial charge in [0.05, 0.1) is 5.52 Å². The number of rotatable bonds is 4. The highest BCUT2D eigenvalue weighted by Gasteiger charge is 2.26. The summed E-state index contributed by atoms with van der Waals surface area (Å²) in [6.45, 7) is 7.21. The molecule has 1 fully saturated rings. The zero-order chi connectivity index (χ0) is 20.5. The van der Waals surface area contributed by atoms with Crippen LogP contribution in [-0.4, -0.2) is 47.1 Å². The maximum absolute atomic E-state index is 12.4. The molecular weight excluding hydrogens is 362 g/mol. The molecule has 0 bridgehead atoms. The van der Waals surface area contributed by atoms with Gasteiger partial charge in [0, 0.05) is 31.2 Å². The van der Waals surface area contributed by atoms with E-state index in [1.165, 1.54) is 6.20 Å². The number of amides is 1. The average Bonchev–Trinajstić information content (AvgIpc) is 3.07. The van der Waals surface area contributed by atoms with Crippen molar-refractivity contribution in [2.45, 2.75) is 32.8 Å². The molecule has 2 heterocycles. The van der Waals surface area contributed by atoms with Crippen molar-refractivity contribution in [2.75, 3.05) is 24.6 Å². The molecule has 0 radical (unpaired) electrons. The fraction of sp³-hybridized carbons (Fsp3) is 0.450. The number of pyridine rings is 1. The molecule has 2 N–H and O–H groups in total. The topological polar surface area (TPSA) is 101 Å². The molecular formula is C20H25N3O5. The predicted octanol–water partition coefficient (Wildman–Crippen LogP) is 2.18. The number of aromatic carboxylic acids is 1. The minimum absolute atomic E-state index is 0.194. The van der Waals surface area contributed by atoms with Gasteiger partial charge >= 0.3 is 12.1 Å². The molecule has 0 saturated carbocycles. The Kier molecular flexibility index (Phi) is 5.31. The third kappa shape index (κ3) is 4.27. The van der Waals surface area contributed by atoms with Crippen LogP contribution in [0.1, 0.15) is 37.6 Å². The fourth-order valence-corrected chi connectivity index (χ4v) is 3.36. The highest BCUT2D eigenvalue weighted by atomic mass is 16.6. The summed E-state index contributed by atoms with van der Waals surface area (Å²) in [5.41, 5.74) is -0.623. The van der Waals surface area contributed by atoms with Gasteiger partial charge in [-0.1, -0.05) is 12.1 Å². The lowest BCUT2D eigenvalue weighted by Crippen LogP contribution is -2.38. The Morgan fingerprint density at radius 1 is 1.29 bits per heavy atom. The van der Waals surface area contributed by atoms with E-state index in [9.17, 15) is 19.5 Å². The van der Waals surface area contributed by atoms with E-state index in [0.29, 0.717) is 30.5 Å². The summed E-state index contributed by atoms with van der Waals surface area (Å²) in [4.78, 5) is 35.8. The van der Waals surface area contributed by atoms with Crippen LogP contribution < -0.4 is 15.8 Å². The SMILES string of the molecule is CC(C)(C)OC(=O)NCC1CCN(n2cc(C(=O)O)c(=O)c3ccccc32)C1. The number of alkyl carbamates (subject to hydrolysis) is 1. The lowest BCUT2D eigenvalue weighted by atomic mass is 10.1. The molecule has 1 aromatic heterocycles. The molecule has 1 aliphatic heterocycles. The second-order valence-electron chi connectivity index (χ2n) is 7.99. The van der Waals surface area contributed by atoms with Crippen LogP contribution in [0, 0.1) is 5.92 Å². The molecule has 1 saturated heterocycles. The minimum Gasteiger partial charge on any atom is -0.477 e. The lowest BCUT2D eigenvalue weighted by Gasteiger charge is -2.25. The van der Waals surface area contributed by atoms with E-state index >= 15 is 0 Å². The number of carbonyl (C=O) groups excluding carboxylic acids is 1. The number of nitrogens with one attached hydrogen (secondary N) is 1. The van der Waals surface area contributed by atoms with Crippen LogP contribution in [0.15, 0.2) is 35.3 Å². The number of carboxylic acid groups (broad SMARTS) is 1. The molecule has 8 nitrogen and oxygen atoms in total. The molecule has 0 aliphatic carbocycles. The van der Waals surface area contributed by atoms with Crippen molar-refractivity contribution in [3.05, 3.63) is 46.2 Å². The van der Waals surface area contributed by atoms with E-state index in [0.717, 1.165) is 6.42 Å². The lowest BCUT2D eigenvalue weighted by molar-refractivity contribution is 0.0520. The summed E-state index contributed by atoms with van der Waals surface area (Å²) in [6, 6.07) is 6.97. The van der Waals surface area contributed by atoms with Gasteiger partial charge in [-0.05, 0) is 45.2 Å². The third-order valence-electron chi connectivity index (χ3n) is 4.63. The van der Waals surface area contributed by atoms with Gasteiger partial charge in [0.1, 0.15) is 11.2 Å². The van der Waals surface area contributed by atoms with Gasteiger partial charge in [-0.2, -0.15) is 0 Å². The zero-order valence-corrected chi connectivity index (χ0v) is 16.3. The number of para-hydroxylation sites is 1. The summed E-state index contributed by atoms with van der Waals surface area (Å²) in [6.07, 6.45) is 1.77. The third-order valence-corrected chi connectivity index (χ3v) is 4.63. The number of carboxylic acids is 1. The number of ether oxygens (including phenoxy) is 1. The van der Waals surface area contributed by atoms with E-state index in [1.807, 2.05) is 31.8 Å². The van der Waals surface area contributed by atoms with Gasteiger partial charge in [-0.15, -0.1) is 0 Å². The Morgan fingerprint density at radius 3 is 2.68 bits per heavy atom. The fourth-order valence-electron chi connectivity index (χ4n) is 3.36. The maximum atomic E-state index is 12.4. The first kappa shape index (κ1) is 19.7. The maximum Gasteiger partial charge on any atom is 0.407 e. The van der Waals surface area contributed by atoms with Gasteiger partial charge in [-0.3, -0.25) is 9.47 Å². The predicted molar refractivity (Wildman–Crippen MR) is 105 cm³/mol. The van der Waals surface area contributed by atoms with E-state index in [-0.39, 0.29) is 11.5 Å². The Morgan fingerprint density at radius 2 is 2.00 bits per heavy atom. The van der Waals surface area contributed by atoms with Gasteiger partial charge in [0.25, 0.3) is 0 Å². The second kappa shape index (κ2) is 7.53. The number of hydrogen-bond acceptors (Lipinski definition) is 5. The van der Waals surface area contributed by atoms with Crippen molar-refractivity contribution in [1.82, 2.24) is 9.99 Å². The number of benzene rings is 1. The molecule has 3 rings (SSSR count). The van der Waals surface area contributed by atoms with E-state index < -0.39 is 23.1 Å². The van der Waals surface area contributed by atoms with Gasteiger partial charge in [0.2, 0.25) is 5.43 Å². The van der Waals surface area contributed by atoms with Crippen LogP contribution in [-0.2, 0) is 4.74 Å². The Labute approximate surface area is 162 Å². The standard InChI is InChI=1S/C20H25N3O5/c1-20(2,3)28-19(27)21-10-13-8-9-22(11-13)23-12-15(18(25)26)17(24)14-6-4-5-7-16(14)23/h4-7,12-13H,8-11H2,1-3H3,(H,21,27)(H,25,26). The van der Waals surface area contributed by atoms with Crippen LogP contribution in [0.5, 0.6) is 0 Å². The van der Waals surface area contributed by atoms with Crippen molar-refractivity contribution >= 4 is 23.0 Å². The molecule has 2 aromatic rings. The van der Waals surface area contributed by atoms with E-state index in [4.69, 9.17) is 4.74 Å². The van der Waals surface area contributed by atoms with Crippen molar-refractivity contribution in [2.24, 2.45) is 5.92 Å². The van der Waals surface area contributed by atoms with Crippen molar-refractivity contribution < 1.29 is 19.4 Å². The van der Waals surface area contributed by atoms with Crippen molar-refractivity contribution in [1.29, 1.82) is 0 Å². The molecule has 1 atom stereocenters. The number of fused-ring (bicyclic) bond motifs is 1. The first-order valence-corrected chi connectivity index (χ1v) is 9.25. The summed E-state index contributed by atoms with van der Waals surface area (Å²) in [5.74, 6) is -1.05. The zero-order valence-electron chi connectivity index (χ0n) is 16.3. The smallest absolute Gasteiger partial charge is 0.407 e. The normalized spacial score (nSPS) is 17.0. The highest BCUT2D eigenvalue weighted by molar-refractivity contribution is 5.92. The van der Waals surface area contributed by atoms with E-state index in [2.05, 4.69) is 5.32 Å². The number of hydrogen-bond donors (Lipinski definition) is 2. The molecule has 8 heteroatoms. The highest BCUT2D eigenvalue weighted by Crippen LogP contribution is 2.19. The Hall–Kier alpha value is -3.03.